The number of aryl methyl sites for hydroxylation is 2. The van der Waals surface area contributed by atoms with E-state index in [4.69, 9.17) is 10.5 Å². The number of hydrogen-bond acceptors (Lipinski definition) is 6. The SMILES string of the molecule is Cc1ccccc1NC(=O)C(c1cccc(C)c1O)N(C(=O)C(CC(N)=O)NC(=O)OC(C)(C)C)C1CC1C. The second kappa shape index (κ2) is 11.8. The van der Waals surface area contributed by atoms with Crippen molar-refractivity contribution < 1.29 is 29.0 Å². The van der Waals surface area contributed by atoms with E-state index >= 15 is 0 Å². The summed E-state index contributed by atoms with van der Waals surface area (Å²) in [6.07, 6.45) is -0.797. The fourth-order valence-corrected chi connectivity index (χ4v) is 4.44. The van der Waals surface area contributed by atoms with Crippen molar-refractivity contribution >= 4 is 29.5 Å². The molecule has 4 atom stereocenters. The summed E-state index contributed by atoms with van der Waals surface area (Å²) in [5.74, 6) is -2.12. The molecule has 0 spiro atoms. The van der Waals surface area contributed by atoms with E-state index in [0.29, 0.717) is 17.7 Å². The van der Waals surface area contributed by atoms with E-state index in [0.717, 1.165) is 5.56 Å². The van der Waals surface area contributed by atoms with E-state index in [2.05, 4.69) is 10.6 Å². The standard InChI is InChI=1S/C29H38N4O6/c1-16-10-7-8-13-20(16)31-26(36)24(19-12-9-11-17(2)25(19)35)33(22-14-18(22)3)27(37)21(15-23(30)34)32-28(38)39-29(4,5)6/h7-13,18,21-22,24,35H,14-15H2,1-6H3,(H2,30,34)(H,31,36)(H,32,38). The van der Waals surface area contributed by atoms with Crippen LogP contribution in [0.1, 0.15) is 63.3 Å². The average molecular weight is 539 g/mol. The maximum absolute atomic E-state index is 14.1. The predicted octanol–water partition coefficient (Wildman–Crippen LogP) is 3.69. The molecule has 0 saturated heterocycles. The average Bonchev–Trinajstić information content (AvgIpc) is 3.54. The fourth-order valence-electron chi connectivity index (χ4n) is 4.44. The molecular weight excluding hydrogens is 500 g/mol. The Kier molecular flexibility index (Phi) is 8.88. The quantitative estimate of drug-likeness (QED) is 0.382. The molecule has 4 unspecified atom stereocenters. The van der Waals surface area contributed by atoms with Crippen LogP contribution in [0.15, 0.2) is 42.5 Å². The van der Waals surface area contributed by atoms with Crippen molar-refractivity contribution in [2.75, 3.05) is 5.32 Å². The number of nitrogens with two attached hydrogens (primary N) is 1. The normalized spacial score (nSPS) is 17.9. The Morgan fingerprint density at radius 3 is 2.26 bits per heavy atom. The van der Waals surface area contributed by atoms with E-state index in [9.17, 15) is 24.3 Å². The largest absolute Gasteiger partial charge is 0.507 e. The van der Waals surface area contributed by atoms with Gasteiger partial charge in [0, 0.05) is 17.3 Å². The van der Waals surface area contributed by atoms with Gasteiger partial charge in [0.2, 0.25) is 11.8 Å². The number of anilines is 1. The number of alkyl carbamates (subject to hydrolysis) is 1. The number of aromatic hydroxyl groups is 1. The number of carbonyl (C=O) groups is 4. The van der Waals surface area contributed by atoms with Gasteiger partial charge in [0.1, 0.15) is 23.4 Å². The van der Waals surface area contributed by atoms with Gasteiger partial charge in [-0.25, -0.2) is 4.79 Å². The molecule has 1 fully saturated rings. The van der Waals surface area contributed by atoms with Gasteiger partial charge in [0.25, 0.3) is 5.91 Å². The molecule has 0 radical (unpaired) electrons. The predicted molar refractivity (Wildman–Crippen MR) is 147 cm³/mol. The van der Waals surface area contributed by atoms with Crippen LogP contribution in [0.3, 0.4) is 0 Å². The number of nitrogens with one attached hydrogen (secondary N) is 2. The second-order valence-corrected chi connectivity index (χ2v) is 11.1. The topological polar surface area (TPSA) is 151 Å². The van der Waals surface area contributed by atoms with Crippen molar-refractivity contribution in [2.24, 2.45) is 11.7 Å². The van der Waals surface area contributed by atoms with Crippen LogP contribution in [0, 0.1) is 19.8 Å². The first kappa shape index (κ1) is 29.5. The Bertz CT molecular complexity index is 1250. The van der Waals surface area contributed by atoms with Crippen molar-refractivity contribution in [1.29, 1.82) is 0 Å². The van der Waals surface area contributed by atoms with Crippen LogP contribution in [0.4, 0.5) is 10.5 Å². The summed E-state index contributed by atoms with van der Waals surface area (Å²) in [7, 11) is 0. The molecular formula is C29H38N4O6. The lowest BCUT2D eigenvalue weighted by Crippen LogP contribution is -2.54. The summed E-state index contributed by atoms with van der Waals surface area (Å²) in [5.41, 5.74) is 6.71. The van der Waals surface area contributed by atoms with E-state index in [1.165, 1.54) is 4.90 Å². The second-order valence-electron chi connectivity index (χ2n) is 11.1. The van der Waals surface area contributed by atoms with E-state index in [-0.39, 0.29) is 23.3 Å². The van der Waals surface area contributed by atoms with Crippen LogP contribution in [-0.2, 0) is 19.1 Å². The molecule has 2 aromatic carbocycles. The van der Waals surface area contributed by atoms with E-state index < -0.39 is 47.9 Å². The molecule has 5 N–H and O–H groups in total. The molecule has 4 amide bonds. The minimum atomic E-state index is -1.38. The highest BCUT2D eigenvalue weighted by atomic mass is 16.6. The first-order valence-electron chi connectivity index (χ1n) is 12.9. The lowest BCUT2D eigenvalue weighted by Gasteiger charge is -2.35. The van der Waals surface area contributed by atoms with Gasteiger partial charge in [-0.2, -0.15) is 0 Å². The number of phenols is 1. The third-order valence-electron chi connectivity index (χ3n) is 6.57. The van der Waals surface area contributed by atoms with Gasteiger partial charge < -0.3 is 31.1 Å². The Morgan fingerprint density at radius 1 is 1.08 bits per heavy atom. The number of ether oxygens (including phenoxy) is 1. The summed E-state index contributed by atoms with van der Waals surface area (Å²) in [6.45, 7) is 10.5. The molecule has 0 aromatic heterocycles. The summed E-state index contributed by atoms with van der Waals surface area (Å²) in [4.78, 5) is 54.0. The molecule has 210 valence electrons. The Hall–Kier alpha value is -4.08. The molecule has 0 heterocycles. The van der Waals surface area contributed by atoms with Crippen molar-refractivity contribution in [3.05, 3.63) is 59.2 Å². The number of para-hydroxylation sites is 2. The number of carbonyl (C=O) groups excluding carboxylic acids is 4. The molecule has 10 heteroatoms. The van der Waals surface area contributed by atoms with Gasteiger partial charge in [-0.05, 0) is 64.2 Å². The number of amides is 4. The van der Waals surface area contributed by atoms with Crippen molar-refractivity contribution in [1.82, 2.24) is 10.2 Å². The maximum Gasteiger partial charge on any atom is 0.408 e. The van der Waals surface area contributed by atoms with Crippen molar-refractivity contribution in [2.45, 2.75) is 78.1 Å². The fraction of sp³-hybridized carbons (Fsp3) is 0.448. The highest BCUT2D eigenvalue weighted by Gasteiger charge is 2.49. The van der Waals surface area contributed by atoms with Crippen LogP contribution < -0.4 is 16.4 Å². The third kappa shape index (κ3) is 7.49. The number of hydrogen-bond donors (Lipinski definition) is 4. The molecule has 1 aliphatic rings. The molecule has 1 saturated carbocycles. The Labute approximate surface area is 228 Å². The van der Waals surface area contributed by atoms with Gasteiger partial charge in [0.05, 0.1) is 6.42 Å². The molecule has 0 bridgehead atoms. The highest BCUT2D eigenvalue weighted by Crippen LogP contribution is 2.43. The van der Waals surface area contributed by atoms with Crippen LogP contribution in [0.5, 0.6) is 5.75 Å². The van der Waals surface area contributed by atoms with E-state index in [1.54, 1.807) is 58.0 Å². The molecule has 1 aliphatic carbocycles. The van der Waals surface area contributed by atoms with Gasteiger partial charge in [-0.1, -0.05) is 43.3 Å². The smallest absolute Gasteiger partial charge is 0.408 e. The molecule has 39 heavy (non-hydrogen) atoms. The summed E-state index contributed by atoms with van der Waals surface area (Å²) in [6, 6.07) is 9.16. The third-order valence-corrected chi connectivity index (χ3v) is 6.57. The zero-order valence-corrected chi connectivity index (χ0v) is 23.3. The Balaban J connectivity index is 2.08. The van der Waals surface area contributed by atoms with Crippen molar-refractivity contribution in [3.63, 3.8) is 0 Å². The molecule has 10 nitrogen and oxygen atoms in total. The first-order valence-corrected chi connectivity index (χ1v) is 12.9. The monoisotopic (exact) mass is 538 g/mol. The zero-order chi connectivity index (χ0) is 29.1. The lowest BCUT2D eigenvalue weighted by atomic mass is 9.98. The van der Waals surface area contributed by atoms with E-state index in [1.807, 2.05) is 26.0 Å². The minimum Gasteiger partial charge on any atom is -0.507 e. The number of phenolic OH excluding ortho intramolecular Hbond substituents is 1. The lowest BCUT2D eigenvalue weighted by molar-refractivity contribution is -0.142. The van der Waals surface area contributed by atoms with Gasteiger partial charge in [-0.15, -0.1) is 0 Å². The number of rotatable bonds is 9. The Morgan fingerprint density at radius 2 is 1.69 bits per heavy atom. The number of benzene rings is 2. The van der Waals surface area contributed by atoms with Crippen LogP contribution in [0.2, 0.25) is 0 Å². The summed E-state index contributed by atoms with van der Waals surface area (Å²) < 4.78 is 5.30. The zero-order valence-electron chi connectivity index (χ0n) is 23.3. The highest BCUT2D eigenvalue weighted by molar-refractivity contribution is 6.00. The minimum absolute atomic E-state index is 0.0467. The molecule has 3 rings (SSSR count). The summed E-state index contributed by atoms with van der Waals surface area (Å²) in [5, 5.41) is 16.4. The number of primary amides is 1. The van der Waals surface area contributed by atoms with Gasteiger partial charge in [0.15, 0.2) is 0 Å². The number of nitrogens with zero attached hydrogens (tertiary/aromatic N) is 1. The molecule has 2 aromatic rings. The van der Waals surface area contributed by atoms with Crippen LogP contribution in [-0.4, -0.2) is 51.5 Å². The van der Waals surface area contributed by atoms with Crippen LogP contribution in [0.25, 0.3) is 0 Å². The van der Waals surface area contributed by atoms with Gasteiger partial charge in [-0.3, -0.25) is 14.4 Å². The molecule has 0 aliphatic heterocycles. The maximum atomic E-state index is 14.1. The van der Waals surface area contributed by atoms with Crippen molar-refractivity contribution in [3.8, 4) is 5.75 Å². The van der Waals surface area contributed by atoms with Crippen LogP contribution >= 0.6 is 0 Å². The summed E-state index contributed by atoms with van der Waals surface area (Å²) >= 11 is 0. The first-order chi connectivity index (χ1) is 18.2. The van der Waals surface area contributed by atoms with Gasteiger partial charge >= 0.3 is 6.09 Å².